The van der Waals surface area contributed by atoms with Crippen LogP contribution < -0.4 is 19.1 Å². The van der Waals surface area contributed by atoms with Crippen LogP contribution in [0.15, 0.2) is 82.2 Å². The molecular weight excluding hydrogens is 490 g/mol. The Labute approximate surface area is 219 Å². The van der Waals surface area contributed by atoms with Gasteiger partial charge in [-0.05, 0) is 73.2 Å². The third-order valence-electron chi connectivity index (χ3n) is 6.41. The highest BCUT2D eigenvalue weighted by Gasteiger charge is 2.58. The Morgan fingerprint density at radius 3 is 1.92 bits per heavy atom. The van der Waals surface area contributed by atoms with E-state index in [9.17, 15) is 4.79 Å². The number of nitrogens with zero attached hydrogens (tertiary/aromatic N) is 3. The molecule has 0 N–H and O–H groups in total. The van der Waals surface area contributed by atoms with Crippen molar-refractivity contribution in [3.05, 3.63) is 90.1 Å². The topological polar surface area (TPSA) is 86.9 Å². The van der Waals surface area contributed by atoms with Gasteiger partial charge in [0.25, 0.3) is 0 Å². The van der Waals surface area contributed by atoms with Crippen molar-refractivity contribution in [3.63, 3.8) is 0 Å². The summed E-state index contributed by atoms with van der Waals surface area (Å²) in [5, 5.41) is 4.09. The first kappa shape index (κ1) is 24.7. The summed E-state index contributed by atoms with van der Waals surface area (Å²) in [7, 11) is 4.88. The Morgan fingerprint density at radius 2 is 1.41 bits per heavy atom. The van der Waals surface area contributed by atoms with Crippen LogP contribution in [0.4, 0.5) is 5.69 Å². The number of carbonyl (C=O) groups is 1. The SMILES string of the molecule is COc1ccc(S[C@]2(c3nc(C)no3)CC(=O)N(c3ccc(OC)cc3)[C@@H]2c2ccc(OC)cc2)cc1. The maximum absolute atomic E-state index is 13.9. The summed E-state index contributed by atoms with van der Waals surface area (Å²) in [6.07, 6.45) is 0.161. The van der Waals surface area contributed by atoms with Gasteiger partial charge in [-0.2, -0.15) is 4.98 Å². The molecule has 1 aliphatic heterocycles. The van der Waals surface area contributed by atoms with Gasteiger partial charge in [-0.3, -0.25) is 4.79 Å². The zero-order valence-electron chi connectivity index (χ0n) is 21.0. The molecule has 1 fully saturated rings. The van der Waals surface area contributed by atoms with Gasteiger partial charge in [-0.1, -0.05) is 17.3 Å². The van der Waals surface area contributed by atoms with Crippen LogP contribution in [-0.4, -0.2) is 37.4 Å². The maximum Gasteiger partial charge on any atom is 0.246 e. The molecular formula is C28H27N3O5S. The molecule has 190 valence electrons. The summed E-state index contributed by atoms with van der Waals surface area (Å²) in [6.45, 7) is 1.78. The summed E-state index contributed by atoms with van der Waals surface area (Å²) >= 11 is 1.54. The van der Waals surface area contributed by atoms with Crippen molar-refractivity contribution in [3.8, 4) is 17.2 Å². The number of hydrogen-bond donors (Lipinski definition) is 0. The minimum absolute atomic E-state index is 0.0529. The van der Waals surface area contributed by atoms with Crippen LogP contribution in [0.1, 0.15) is 29.7 Å². The molecule has 4 aromatic rings. The molecule has 1 amide bonds. The molecule has 0 bridgehead atoms. The first-order chi connectivity index (χ1) is 18.0. The smallest absolute Gasteiger partial charge is 0.246 e. The van der Waals surface area contributed by atoms with Gasteiger partial charge >= 0.3 is 0 Å². The number of thioether (sulfide) groups is 1. The van der Waals surface area contributed by atoms with Crippen molar-refractivity contribution in [1.82, 2.24) is 10.1 Å². The fourth-order valence-corrected chi connectivity index (χ4v) is 6.06. The van der Waals surface area contributed by atoms with E-state index in [-0.39, 0.29) is 12.3 Å². The van der Waals surface area contributed by atoms with Gasteiger partial charge in [0.05, 0.1) is 33.8 Å². The van der Waals surface area contributed by atoms with Crippen molar-refractivity contribution in [2.24, 2.45) is 0 Å². The first-order valence-electron chi connectivity index (χ1n) is 11.7. The number of aryl methyl sites for hydroxylation is 1. The second-order valence-corrected chi connectivity index (χ2v) is 10.0. The summed E-state index contributed by atoms with van der Waals surface area (Å²) in [5.74, 6) is 3.04. The molecule has 8 nitrogen and oxygen atoms in total. The molecule has 0 saturated carbocycles. The van der Waals surface area contributed by atoms with Crippen molar-refractivity contribution in [2.75, 3.05) is 26.2 Å². The third-order valence-corrected chi connectivity index (χ3v) is 7.83. The molecule has 3 aromatic carbocycles. The van der Waals surface area contributed by atoms with Gasteiger partial charge < -0.3 is 23.6 Å². The van der Waals surface area contributed by atoms with E-state index in [2.05, 4.69) is 10.1 Å². The van der Waals surface area contributed by atoms with Gasteiger partial charge in [0.1, 0.15) is 22.0 Å². The highest BCUT2D eigenvalue weighted by Crippen LogP contribution is 2.59. The number of methoxy groups -OCH3 is 3. The van der Waals surface area contributed by atoms with E-state index in [1.807, 2.05) is 77.7 Å². The summed E-state index contributed by atoms with van der Waals surface area (Å²) < 4.78 is 21.0. The summed E-state index contributed by atoms with van der Waals surface area (Å²) in [5.41, 5.74) is 1.67. The van der Waals surface area contributed by atoms with E-state index >= 15 is 0 Å². The van der Waals surface area contributed by atoms with Crippen molar-refractivity contribution in [1.29, 1.82) is 0 Å². The first-order valence-corrected chi connectivity index (χ1v) is 12.5. The van der Waals surface area contributed by atoms with E-state index in [1.165, 1.54) is 11.8 Å². The van der Waals surface area contributed by atoms with Crippen molar-refractivity contribution >= 4 is 23.4 Å². The summed E-state index contributed by atoms with van der Waals surface area (Å²) in [6, 6.07) is 22.5. The number of amides is 1. The molecule has 0 unspecified atom stereocenters. The maximum atomic E-state index is 13.9. The lowest BCUT2D eigenvalue weighted by molar-refractivity contribution is -0.117. The largest absolute Gasteiger partial charge is 0.497 e. The molecule has 1 aliphatic rings. The fraction of sp³-hybridized carbons (Fsp3) is 0.250. The van der Waals surface area contributed by atoms with E-state index in [4.69, 9.17) is 18.7 Å². The standard InChI is InChI=1S/C28H27N3O5S/c1-18-29-27(36-30-18)28(37-24-15-13-23(35-4)14-16-24)17-25(32)31(20-7-11-22(34-3)12-8-20)26(28)19-5-9-21(33-2)10-6-19/h5-16,26H,17H2,1-4H3/t26-,28-/m1/s1. The molecule has 0 radical (unpaired) electrons. The second kappa shape index (κ2) is 10.2. The van der Waals surface area contributed by atoms with Gasteiger partial charge in [0.15, 0.2) is 5.82 Å². The van der Waals surface area contributed by atoms with Gasteiger partial charge in [-0.25, -0.2) is 0 Å². The molecule has 0 spiro atoms. The monoisotopic (exact) mass is 517 g/mol. The van der Waals surface area contributed by atoms with E-state index in [1.54, 1.807) is 28.3 Å². The van der Waals surface area contributed by atoms with Gasteiger partial charge in [-0.15, -0.1) is 11.8 Å². The number of anilines is 1. The number of aromatic nitrogens is 2. The molecule has 0 aliphatic carbocycles. The Kier molecular flexibility index (Phi) is 6.80. The lowest BCUT2D eigenvalue weighted by Crippen LogP contribution is -2.34. The van der Waals surface area contributed by atoms with Crippen LogP contribution in [0.3, 0.4) is 0 Å². The van der Waals surface area contributed by atoms with Crippen LogP contribution in [0.25, 0.3) is 0 Å². The van der Waals surface area contributed by atoms with Crippen LogP contribution >= 0.6 is 11.8 Å². The lowest BCUT2D eigenvalue weighted by atomic mass is 9.92. The molecule has 1 aromatic heterocycles. The van der Waals surface area contributed by atoms with E-state index in [0.29, 0.717) is 17.5 Å². The Morgan fingerprint density at radius 1 is 0.865 bits per heavy atom. The van der Waals surface area contributed by atoms with Crippen molar-refractivity contribution < 1.29 is 23.5 Å². The Hall–Kier alpha value is -3.98. The predicted molar refractivity (Wildman–Crippen MR) is 140 cm³/mol. The molecule has 9 heteroatoms. The number of rotatable bonds is 8. The van der Waals surface area contributed by atoms with E-state index in [0.717, 1.165) is 27.6 Å². The lowest BCUT2D eigenvalue weighted by Gasteiger charge is -2.35. The Bertz CT molecular complexity index is 1370. The molecule has 1 saturated heterocycles. The normalized spacial score (nSPS) is 19.2. The van der Waals surface area contributed by atoms with Gasteiger partial charge in [0, 0.05) is 10.6 Å². The minimum atomic E-state index is -0.901. The average molecular weight is 518 g/mol. The number of hydrogen-bond acceptors (Lipinski definition) is 8. The second-order valence-electron chi connectivity index (χ2n) is 8.63. The molecule has 2 atom stereocenters. The van der Waals surface area contributed by atoms with Crippen LogP contribution in [0, 0.1) is 6.92 Å². The summed E-state index contributed by atoms with van der Waals surface area (Å²) in [4.78, 5) is 21.3. The van der Waals surface area contributed by atoms with E-state index < -0.39 is 10.8 Å². The zero-order chi connectivity index (χ0) is 26.0. The van der Waals surface area contributed by atoms with Crippen LogP contribution in [0.5, 0.6) is 17.2 Å². The highest BCUT2D eigenvalue weighted by atomic mass is 32.2. The quantitative estimate of drug-likeness (QED) is 0.300. The fourth-order valence-electron chi connectivity index (χ4n) is 4.65. The van der Waals surface area contributed by atoms with Crippen molar-refractivity contribution in [2.45, 2.75) is 29.0 Å². The number of carbonyl (C=O) groups excluding carboxylic acids is 1. The number of benzene rings is 3. The van der Waals surface area contributed by atoms with Crippen LogP contribution in [0.2, 0.25) is 0 Å². The van der Waals surface area contributed by atoms with Crippen LogP contribution in [-0.2, 0) is 9.54 Å². The van der Waals surface area contributed by atoms with Gasteiger partial charge in [0.2, 0.25) is 11.8 Å². The molecule has 37 heavy (non-hydrogen) atoms. The minimum Gasteiger partial charge on any atom is -0.497 e. The highest BCUT2D eigenvalue weighted by molar-refractivity contribution is 8.00. The Balaban J connectivity index is 1.69. The molecule has 2 heterocycles. The number of ether oxygens (including phenoxy) is 3. The zero-order valence-corrected chi connectivity index (χ0v) is 21.8. The molecule has 5 rings (SSSR count). The third kappa shape index (κ3) is 4.62. The average Bonchev–Trinajstić information content (AvgIpc) is 3.50. The predicted octanol–water partition coefficient (Wildman–Crippen LogP) is 5.57.